The first-order chi connectivity index (χ1) is 26.5. The molecule has 0 atom stereocenters. The summed E-state index contributed by atoms with van der Waals surface area (Å²) >= 11 is 0. The Morgan fingerprint density at radius 2 is 1.02 bits per heavy atom. The van der Waals surface area contributed by atoms with Gasteiger partial charge in [-0.15, -0.1) is 0 Å². The standard InChI is InChI=1S/C37H48N4O13/c42-37(54-28-34-32-7-3-1-5-30(32)31-6-2-4-8-33(31)34)39-12-14-48-16-18-50-20-22-52-24-26-53-25-23-51-21-19-49-17-15-47-13-11-38-35-10-9-29(40(43)44)27-36(35)41(45)46/h1-10,27,34,38H,11-26,28H2,(H,39,42). The van der Waals surface area contributed by atoms with E-state index in [0.29, 0.717) is 92.4 Å². The molecule has 294 valence electrons. The molecule has 0 aromatic heterocycles. The number of hydrogen-bond acceptors (Lipinski definition) is 14. The number of rotatable bonds is 29. The minimum atomic E-state index is -0.683. The summed E-state index contributed by atoms with van der Waals surface area (Å²) < 4.78 is 43.8. The quantitative estimate of drug-likeness (QED) is 0.0567. The highest BCUT2D eigenvalue weighted by Crippen LogP contribution is 2.44. The van der Waals surface area contributed by atoms with E-state index in [1.807, 2.05) is 24.3 Å². The second kappa shape index (κ2) is 24.5. The lowest BCUT2D eigenvalue weighted by atomic mass is 9.98. The Balaban J connectivity index is 0.843. The number of nitrogens with zero attached hydrogens (tertiary/aromatic N) is 2. The maximum Gasteiger partial charge on any atom is 0.407 e. The van der Waals surface area contributed by atoms with Crippen LogP contribution in [0.5, 0.6) is 0 Å². The van der Waals surface area contributed by atoms with Crippen molar-refractivity contribution in [1.82, 2.24) is 5.32 Å². The van der Waals surface area contributed by atoms with Gasteiger partial charge in [-0.3, -0.25) is 20.2 Å². The molecular weight excluding hydrogens is 708 g/mol. The zero-order valence-electron chi connectivity index (χ0n) is 30.2. The monoisotopic (exact) mass is 756 g/mol. The predicted molar refractivity (Wildman–Crippen MR) is 197 cm³/mol. The lowest BCUT2D eigenvalue weighted by molar-refractivity contribution is -0.393. The molecule has 17 heteroatoms. The smallest absolute Gasteiger partial charge is 0.407 e. The van der Waals surface area contributed by atoms with E-state index in [4.69, 9.17) is 37.9 Å². The molecular formula is C37H48N4O13. The third-order valence-electron chi connectivity index (χ3n) is 8.04. The van der Waals surface area contributed by atoms with Crippen LogP contribution in [-0.4, -0.2) is 128 Å². The van der Waals surface area contributed by atoms with Gasteiger partial charge in [-0.05, 0) is 28.3 Å². The molecule has 0 fully saturated rings. The van der Waals surface area contributed by atoms with Crippen molar-refractivity contribution in [2.45, 2.75) is 5.92 Å². The van der Waals surface area contributed by atoms with Gasteiger partial charge in [-0.25, -0.2) is 4.79 Å². The number of anilines is 1. The molecule has 0 bridgehead atoms. The highest BCUT2D eigenvalue weighted by Gasteiger charge is 2.29. The van der Waals surface area contributed by atoms with Crippen LogP contribution < -0.4 is 10.6 Å². The van der Waals surface area contributed by atoms with E-state index in [9.17, 15) is 25.0 Å². The van der Waals surface area contributed by atoms with Crippen LogP contribution in [-0.2, 0) is 37.9 Å². The summed E-state index contributed by atoms with van der Waals surface area (Å²) in [7, 11) is 0. The molecule has 0 unspecified atom stereocenters. The van der Waals surface area contributed by atoms with Gasteiger partial charge in [0.05, 0.1) is 108 Å². The Morgan fingerprint density at radius 3 is 1.48 bits per heavy atom. The van der Waals surface area contributed by atoms with E-state index < -0.39 is 15.9 Å². The van der Waals surface area contributed by atoms with Crippen LogP contribution in [0.15, 0.2) is 66.7 Å². The van der Waals surface area contributed by atoms with E-state index in [0.717, 1.165) is 6.07 Å². The summed E-state index contributed by atoms with van der Waals surface area (Å²) in [5, 5.41) is 27.6. The Hall–Kier alpha value is -4.75. The maximum atomic E-state index is 12.2. The van der Waals surface area contributed by atoms with E-state index >= 15 is 0 Å². The van der Waals surface area contributed by atoms with Crippen molar-refractivity contribution in [3.05, 3.63) is 98.1 Å². The normalized spacial score (nSPS) is 11.9. The molecule has 1 amide bonds. The maximum absolute atomic E-state index is 12.2. The second-order valence-corrected chi connectivity index (χ2v) is 11.7. The first kappa shape index (κ1) is 42.0. The lowest BCUT2D eigenvalue weighted by Crippen LogP contribution is -2.29. The van der Waals surface area contributed by atoms with Gasteiger partial charge in [-0.1, -0.05) is 48.5 Å². The van der Waals surface area contributed by atoms with Crippen molar-refractivity contribution in [1.29, 1.82) is 0 Å². The van der Waals surface area contributed by atoms with Gasteiger partial charge in [0.25, 0.3) is 11.4 Å². The Bertz CT molecular complexity index is 1550. The molecule has 3 aromatic rings. The van der Waals surface area contributed by atoms with Crippen molar-refractivity contribution in [2.24, 2.45) is 0 Å². The van der Waals surface area contributed by atoms with Crippen molar-refractivity contribution >= 4 is 23.2 Å². The molecule has 0 radical (unpaired) electrons. The van der Waals surface area contributed by atoms with E-state index in [-0.39, 0.29) is 42.7 Å². The lowest BCUT2D eigenvalue weighted by Gasteiger charge is -2.14. The molecule has 0 saturated heterocycles. The first-order valence-electron chi connectivity index (χ1n) is 17.8. The molecule has 0 heterocycles. The van der Waals surface area contributed by atoms with Gasteiger partial charge < -0.3 is 48.5 Å². The SMILES string of the molecule is O=C(NCCOCCOCCOCCOCCOCCOCCOCCNc1ccc([N+](=O)[O-])cc1[N+](=O)[O-])OCC1c2ccccc2-c2ccccc21. The Morgan fingerprint density at radius 1 is 0.574 bits per heavy atom. The number of nitro benzene ring substituents is 2. The summed E-state index contributed by atoms with van der Waals surface area (Å²) in [4.78, 5) is 32.9. The molecule has 2 N–H and O–H groups in total. The zero-order valence-corrected chi connectivity index (χ0v) is 30.2. The van der Waals surface area contributed by atoms with Gasteiger partial charge in [-0.2, -0.15) is 0 Å². The van der Waals surface area contributed by atoms with Gasteiger partial charge in [0.1, 0.15) is 12.3 Å². The molecule has 1 aliphatic carbocycles. The number of alkyl carbamates (subject to hydrolysis) is 1. The summed E-state index contributed by atoms with van der Waals surface area (Å²) in [6.45, 7) is 6.38. The first-order valence-corrected chi connectivity index (χ1v) is 17.8. The van der Waals surface area contributed by atoms with Crippen LogP contribution in [0.3, 0.4) is 0 Å². The molecule has 17 nitrogen and oxygen atoms in total. The summed E-state index contributed by atoms with van der Waals surface area (Å²) in [5.74, 6) is 0.0216. The zero-order chi connectivity index (χ0) is 38.2. The number of ether oxygens (including phenoxy) is 8. The van der Waals surface area contributed by atoms with Crippen LogP contribution in [0.4, 0.5) is 21.9 Å². The third kappa shape index (κ3) is 14.6. The fraction of sp³-hybridized carbons (Fsp3) is 0.486. The molecule has 3 aromatic carbocycles. The predicted octanol–water partition coefficient (Wildman–Crippen LogP) is 4.57. The summed E-state index contributed by atoms with van der Waals surface area (Å²) in [5.41, 5.74) is 4.18. The highest BCUT2D eigenvalue weighted by molar-refractivity contribution is 5.79. The van der Waals surface area contributed by atoms with Crippen LogP contribution in [0.2, 0.25) is 0 Å². The molecule has 54 heavy (non-hydrogen) atoms. The molecule has 0 aliphatic heterocycles. The van der Waals surface area contributed by atoms with Crippen LogP contribution in [0.1, 0.15) is 17.0 Å². The summed E-state index contributed by atoms with van der Waals surface area (Å²) in [6.07, 6.45) is -0.470. The van der Waals surface area contributed by atoms with Crippen molar-refractivity contribution < 1.29 is 52.5 Å². The molecule has 0 saturated carbocycles. The van der Waals surface area contributed by atoms with Crippen LogP contribution in [0, 0.1) is 20.2 Å². The number of nitro groups is 2. The fourth-order valence-electron chi connectivity index (χ4n) is 5.49. The average Bonchev–Trinajstić information content (AvgIpc) is 3.50. The number of benzene rings is 3. The fourth-order valence-corrected chi connectivity index (χ4v) is 5.49. The topological polar surface area (TPSA) is 201 Å². The Kier molecular flexibility index (Phi) is 19.1. The molecule has 0 spiro atoms. The molecule has 4 rings (SSSR count). The number of amides is 1. The van der Waals surface area contributed by atoms with Crippen molar-refractivity contribution in [3.8, 4) is 11.1 Å². The molecule has 1 aliphatic rings. The second-order valence-electron chi connectivity index (χ2n) is 11.7. The van der Waals surface area contributed by atoms with E-state index in [1.54, 1.807) is 0 Å². The van der Waals surface area contributed by atoms with Crippen molar-refractivity contribution in [2.75, 3.05) is 118 Å². The highest BCUT2D eigenvalue weighted by atomic mass is 16.6. The minimum Gasteiger partial charge on any atom is -0.449 e. The number of carbonyl (C=O) groups excluding carboxylic acids is 1. The number of non-ortho nitro benzene ring substituents is 1. The largest absolute Gasteiger partial charge is 0.449 e. The van der Waals surface area contributed by atoms with Gasteiger partial charge in [0.15, 0.2) is 0 Å². The third-order valence-corrected chi connectivity index (χ3v) is 8.04. The van der Waals surface area contributed by atoms with E-state index in [2.05, 4.69) is 34.9 Å². The number of carbonyl (C=O) groups is 1. The number of hydrogen-bond donors (Lipinski definition) is 2. The Labute approximate surface area is 313 Å². The van der Waals surface area contributed by atoms with Gasteiger partial charge >= 0.3 is 6.09 Å². The average molecular weight is 757 g/mol. The minimum absolute atomic E-state index is 0.0216. The van der Waals surface area contributed by atoms with Gasteiger partial charge in [0.2, 0.25) is 0 Å². The summed E-state index contributed by atoms with van der Waals surface area (Å²) in [6, 6.07) is 19.8. The van der Waals surface area contributed by atoms with Crippen LogP contribution in [0.25, 0.3) is 11.1 Å². The number of fused-ring (bicyclic) bond motifs is 3. The van der Waals surface area contributed by atoms with Crippen LogP contribution >= 0.6 is 0 Å². The number of nitrogens with one attached hydrogen (secondary N) is 2. The van der Waals surface area contributed by atoms with Gasteiger partial charge in [0, 0.05) is 25.1 Å². The van der Waals surface area contributed by atoms with Crippen molar-refractivity contribution in [3.63, 3.8) is 0 Å². The van der Waals surface area contributed by atoms with E-state index in [1.165, 1.54) is 34.4 Å².